The molecule has 0 unspecified atom stereocenters. The summed E-state index contributed by atoms with van der Waals surface area (Å²) in [6.45, 7) is 3.20. The fraction of sp³-hybridized carbons (Fsp3) is 0.526. The summed E-state index contributed by atoms with van der Waals surface area (Å²) in [5, 5.41) is -0.00760. The Morgan fingerprint density at radius 2 is 1.79 bits per heavy atom. The maximum atomic E-state index is 13.0. The molecule has 1 aliphatic heterocycles. The molecule has 0 aromatic carbocycles. The van der Waals surface area contributed by atoms with Crippen LogP contribution >= 0.6 is 22.9 Å². The van der Waals surface area contributed by atoms with Gasteiger partial charge in [0, 0.05) is 34.9 Å². The Labute approximate surface area is 202 Å². The quantitative estimate of drug-likeness (QED) is 0.171. The van der Waals surface area contributed by atoms with Gasteiger partial charge < -0.3 is 23.8 Å². The molecule has 15 heteroatoms. The summed E-state index contributed by atoms with van der Waals surface area (Å²) in [6.07, 6.45) is -3.28. The second kappa shape index (κ2) is 10.4. The Hall–Kier alpha value is -3.10. The molecule has 1 fully saturated rings. The van der Waals surface area contributed by atoms with Crippen molar-refractivity contribution in [2.75, 3.05) is 20.7 Å². The van der Waals surface area contributed by atoms with Crippen LogP contribution < -0.4 is 4.87 Å². The zero-order valence-electron chi connectivity index (χ0n) is 18.9. The van der Waals surface area contributed by atoms with Gasteiger partial charge in [0.05, 0.1) is 6.34 Å². The third kappa shape index (κ3) is 5.69. The zero-order valence-corrected chi connectivity index (χ0v) is 20.5. The van der Waals surface area contributed by atoms with Crippen LogP contribution in [0.5, 0.6) is 0 Å². The lowest BCUT2D eigenvalue weighted by Crippen LogP contribution is -2.41. The molecular weight excluding hydrogens is 494 g/mol. The first-order valence-electron chi connectivity index (χ1n) is 9.90. The van der Waals surface area contributed by atoms with E-state index in [4.69, 9.17) is 30.5 Å². The zero-order chi connectivity index (χ0) is 25.2. The van der Waals surface area contributed by atoms with Crippen LogP contribution in [0.15, 0.2) is 9.79 Å². The van der Waals surface area contributed by atoms with E-state index in [2.05, 4.69) is 15.0 Å². The lowest BCUT2D eigenvalue weighted by molar-refractivity contribution is -0.166. The van der Waals surface area contributed by atoms with Crippen molar-refractivity contribution in [2.24, 2.45) is 4.99 Å². The lowest BCUT2D eigenvalue weighted by Gasteiger charge is -2.23. The van der Waals surface area contributed by atoms with E-state index >= 15 is 0 Å². The number of aliphatic imine (C=N–C) groups is 1. The Bertz CT molecular complexity index is 1200. The molecule has 13 nitrogen and oxygen atoms in total. The molecule has 0 bridgehead atoms. The summed E-state index contributed by atoms with van der Waals surface area (Å²) in [4.78, 5) is 61.5. The fourth-order valence-electron chi connectivity index (χ4n) is 3.23. The van der Waals surface area contributed by atoms with Gasteiger partial charge >= 0.3 is 22.8 Å². The number of carbonyl (C=O) groups excluding carboxylic acids is 3. The smallest absolute Gasteiger partial charge is 0.311 e. The van der Waals surface area contributed by atoms with Gasteiger partial charge in [-0.25, -0.2) is 4.99 Å². The maximum absolute atomic E-state index is 13.0. The van der Waals surface area contributed by atoms with Crippen LogP contribution in [-0.4, -0.2) is 82.7 Å². The number of hydrogen-bond donors (Lipinski definition) is 0. The number of carbonyl (C=O) groups is 3. The van der Waals surface area contributed by atoms with E-state index in [-0.39, 0.29) is 28.1 Å². The lowest BCUT2D eigenvalue weighted by atomic mass is 10.1. The van der Waals surface area contributed by atoms with Gasteiger partial charge in [0.15, 0.2) is 29.2 Å². The number of rotatable bonds is 7. The highest BCUT2D eigenvalue weighted by atomic mass is 35.5. The highest BCUT2D eigenvalue weighted by molar-refractivity contribution is 7.17. The molecular formula is C19H22ClN5O8S. The van der Waals surface area contributed by atoms with Crippen molar-refractivity contribution >= 4 is 63.5 Å². The van der Waals surface area contributed by atoms with Gasteiger partial charge in [-0.2, -0.15) is 9.97 Å². The highest BCUT2D eigenvalue weighted by Crippen LogP contribution is 2.37. The molecule has 0 aliphatic carbocycles. The third-order valence-electron chi connectivity index (χ3n) is 4.41. The van der Waals surface area contributed by atoms with Crippen molar-refractivity contribution in [3.8, 4) is 0 Å². The topological polar surface area (TPSA) is 152 Å². The van der Waals surface area contributed by atoms with Crippen LogP contribution in [0.4, 0.5) is 5.95 Å². The molecule has 1 saturated heterocycles. The predicted molar refractivity (Wildman–Crippen MR) is 120 cm³/mol. The first-order valence-corrected chi connectivity index (χ1v) is 11.1. The summed E-state index contributed by atoms with van der Waals surface area (Å²) in [5.74, 6) is -2.01. The molecule has 3 rings (SSSR count). The van der Waals surface area contributed by atoms with Crippen LogP contribution in [0.3, 0.4) is 0 Å². The SMILES string of the molecule is CC(=O)OC[C@H]1O[C@@H](n2c(=O)sc3c(Cl)nc(N=CN(C)C)nc32)[C@H](OC(C)=O)[C@@H]1OC(C)=O. The molecule has 4 atom stereocenters. The monoisotopic (exact) mass is 515 g/mol. The summed E-state index contributed by atoms with van der Waals surface area (Å²) < 4.78 is 23.1. The number of esters is 3. The Kier molecular flexibility index (Phi) is 7.84. The summed E-state index contributed by atoms with van der Waals surface area (Å²) in [5.41, 5.74) is 0.0813. The number of nitrogens with zero attached hydrogens (tertiary/aromatic N) is 5. The van der Waals surface area contributed by atoms with E-state index in [1.54, 1.807) is 19.0 Å². The molecule has 34 heavy (non-hydrogen) atoms. The number of hydrogen-bond acceptors (Lipinski definition) is 12. The second-order valence-electron chi connectivity index (χ2n) is 7.43. The molecule has 0 saturated carbocycles. The van der Waals surface area contributed by atoms with E-state index in [0.717, 1.165) is 29.8 Å². The van der Waals surface area contributed by atoms with Gasteiger partial charge in [-0.3, -0.25) is 23.7 Å². The number of aromatic nitrogens is 3. The molecule has 0 spiro atoms. The predicted octanol–water partition coefficient (Wildman–Crippen LogP) is 1.05. The van der Waals surface area contributed by atoms with Gasteiger partial charge in [-0.15, -0.1) is 0 Å². The molecule has 0 radical (unpaired) electrons. The first kappa shape index (κ1) is 25.5. The van der Waals surface area contributed by atoms with Crippen LogP contribution in [0.1, 0.15) is 27.0 Å². The molecule has 1 aliphatic rings. The molecule has 2 aromatic heterocycles. The number of halogens is 1. The van der Waals surface area contributed by atoms with Crippen molar-refractivity contribution in [3.63, 3.8) is 0 Å². The van der Waals surface area contributed by atoms with E-state index < -0.39 is 47.3 Å². The van der Waals surface area contributed by atoms with E-state index in [9.17, 15) is 19.2 Å². The third-order valence-corrected chi connectivity index (χ3v) is 5.74. The standard InChI is InChI=1S/C19H22ClN5O8S/c1-8(26)30-6-11-12(31-9(2)27)13(32-10(3)28)17(33-11)25-16-14(34-19(25)29)15(20)22-18(23-16)21-7-24(4)5/h7,11-13,17H,6H2,1-5H3/t11-,12-,13-,17-/m1/s1. The van der Waals surface area contributed by atoms with Gasteiger partial charge in [-0.1, -0.05) is 22.9 Å². The number of ether oxygens (including phenoxy) is 4. The Morgan fingerprint density at radius 3 is 2.38 bits per heavy atom. The molecule has 3 heterocycles. The van der Waals surface area contributed by atoms with Crippen molar-refractivity contribution in [2.45, 2.75) is 45.3 Å². The Balaban J connectivity index is 2.13. The maximum Gasteiger partial charge on any atom is 0.311 e. The Morgan fingerprint density at radius 1 is 1.15 bits per heavy atom. The van der Waals surface area contributed by atoms with Gasteiger partial charge in [0.2, 0.25) is 0 Å². The minimum absolute atomic E-state index is 0.00760. The van der Waals surface area contributed by atoms with Crippen molar-refractivity contribution < 1.29 is 33.3 Å². The van der Waals surface area contributed by atoms with Gasteiger partial charge in [-0.05, 0) is 0 Å². The number of fused-ring (bicyclic) bond motifs is 1. The van der Waals surface area contributed by atoms with Gasteiger partial charge in [0.1, 0.15) is 17.4 Å². The van der Waals surface area contributed by atoms with E-state index in [1.807, 2.05) is 0 Å². The summed E-state index contributed by atoms with van der Waals surface area (Å²) in [6, 6.07) is 0. The second-order valence-corrected chi connectivity index (χ2v) is 8.75. The van der Waals surface area contributed by atoms with Crippen LogP contribution in [0.25, 0.3) is 10.3 Å². The molecule has 0 N–H and O–H groups in total. The van der Waals surface area contributed by atoms with Gasteiger partial charge in [0.25, 0.3) is 5.95 Å². The van der Waals surface area contributed by atoms with Crippen molar-refractivity contribution in [1.29, 1.82) is 0 Å². The average Bonchev–Trinajstić information content (AvgIpc) is 3.21. The van der Waals surface area contributed by atoms with Crippen molar-refractivity contribution in [3.05, 3.63) is 14.8 Å². The van der Waals surface area contributed by atoms with Crippen LogP contribution in [0.2, 0.25) is 5.15 Å². The first-order chi connectivity index (χ1) is 16.0. The minimum Gasteiger partial charge on any atom is -0.463 e. The minimum atomic E-state index is -1.27. The van der Waals surface area contributed by atoms with Crippen molar-refractivity contribution in [1.82, 2.24) is 19.4 Å². The number of thiazole rings is 1. The fourth-order valence-corrected chi connectivity index (χ4v) is 4.33. The van der Waals surface area contributed by atoms with Crippen LogP contribution in [-0.2, 0) is 33.3 Å². The normalized spacial score (nSPS) is 22.2. The van der Waals surface area contributed by atoms with E-state index in [1.165, 1.54) is 13.3 Å². The van der Waals surface area contributed by atoms with Crippen LogP contribution in [0, 0.1) is 0 Å². The molecule has 0 amide bonds. The highest BCUT2D eigenvalue weighted by Gasteiger charge is 2.51. The summed E-state index contributed by atoms with van der Waals surface area (Å²) in [7, 11) is 3.50. The molecule has 2 aromatic rings. The average molecular weight is 516 g/mol. The summed E-state index contributed by atoms with van der Waals surface area (Å²) >= 11 is 7.02. The molecule has 184 valence electrons. The largest absolute Gasteiger partial charge is 0.463 e. The van der Waals surface area contributed by atoms with E-state index in [0.29, 0.717) is 0 Å².